The molecule has 0 rings (SSSR count). The average molecular weight is 174 g/mol. The first-order valence-electron chi connectivity index (χ1n) is 3.29. The van der Waals surface area contributed by atoms with Crippen LogP contribution in [0.4, 0.5) is 0 Å². The van der Waals surface area contributed by atoms with Gasteiger partial charge in [-0.2, -0.15) is 0 Å². The van der Waals surface area contributed by atoms with Crippen LogP contribution in [0.3, 0.4) is 0 Å². The number of hydrogen-bond acceptors (Lipinski definition) is 4. The van der Waals surface area contributed by atoms with E-state index in [1.165, 1.54) is 0 Å². The first-order chi connectivity index (χ1) is 4.91. The molecule has 0 amide bonds. The third-order valence-electron chi connectivity index (χ3n) is 0.843. The van der Waals surface area contributed by atoms with Gasteiger partial charge >= 0.3 is 29.6 Å². The van der Waals surface area contributed by atoms with Crippen LogP contribution in [-0.4, -0.2) is 49.9 Å². The van der Waals surface area contributed by atoms with Gasteiger partial charge in [0, 0.05) is 0 Å². The molecule has 0 aromatic heterocycles. The summed E-state index contributed by atoms with van der Waals surface area (Å²) in [7, 11) is 0. The van der Waals surface area contributed by atoms with Crippen LogP contribution in [0.1, 0.15) is 1.43 Å². The van der Waals surface area contributed by atoms with Crippen molar-refractivity contribution in [3.05, 3.63) is 0 Å². The standard InChI is InChI=1S/C6H14O4.Na.H/c7-1-3-9-5-6-10-4-2-8;;/h7-8H,1-6H2;;/q;+1;-1. The molecule has 11 heavy (non-hydrogen) atoms. The molecule has 0 aliphatic heterocycles. The van der Waals surface area contributed by atoms with Crippen molar-refractivity contribution >= 4 is 0 Å². The summed E-state index contributed by atoms with van der Waals surface area (Å²) in [4.78, 5) is 0. The van der Waals surface area contributed by atoms with Crippen LogP contribution < -0.4 is 29.6 Å². The van der Waals surface area contributed by atoms with Gasteiger partial charge in [0.15, 0.2) is 0 Å². The summed E-state index contributed by atoms with van der Waals surface area (Å²) in [6, 6.07) is 0. The summed E-state index contributed by atoms with van der Waals surface area (Å²) in [5.41, 5.74) is 0. The molecule has 0 aliphatic carbocycles. The maximum Gasteiger partial charge on any atom is 1.00 e. The molecule has 0 fully saturated rings. The van der Waals surface area contributed by atoms with Crippen LogP contribution in [0.5, 0.6) is 0 Å². The van der Waals surface area contributed by atoms with E-state index in [0.29, 0.717) is 26.4 Å². The fourth-order valence-electron chi connectivity index (χ4n) is 0.451. The Hall–Kier alpha value is 0.840. The summed E-state index contributed by atoms with van der Waals surface area (Å²) in [6.07, 6.45) is 0. The van der Waals surface area contributed by atoms with Crippen LogP contribution in [-0.2, 0) is 9.47 Å². The van der Waals surface area contributed by atoms with Crippen LogP contribution >= 0.6 is 0 Å². The minimum absolute atomic E-state index is 0. The van der Waals surface area contributed by atoms with E-state index in [2.05, 4.69) is 0 Å². The first kappa shape index (κ1) is 14.4. The molecule has 2 N–H and O–H groups in total. The Balaban J connectivity index is -0.000000405. The Morgan fingerprint density at radius 2 is 1.18 bits per heavy atom. The Bertz CT molecular complexity index is 59.5. The van der Waals surface area contributed by atoms with Crippen LogP contribution in [0.15, 0.2) is 0 Å². The number of hydrogen-bond donors (Lipinski definition) is 2. The van der Waals surface area contributed by atoms with Crippen molar-refractivity contribution in [2.24, 2.45) is 0 Å². The van der Waals surface area contributed by atoms with Crippen LogP contribution in [0, 0.1) is 0 Å². The van der Waals surface area contributed by atoms with Crippen molar-refractivity contribution < 1.29 is 50.7 Å². The van der Waals surface area contributed by atoms with Gasteiger partial charge in [-0.15, -0.1) is 0 Å². The fraction of sp³-hybridized carbons (Fsp3) is 1.00. The maximum atomic E-state index is 8.26. The molecular weight excluding hydrogens is 159 g/mol. The van der Waals surface area contributed by atoms with Gasteiger partial charge in [-0.1, -0.05) is 0 Å². The molecule has 4 nitrogen and oxygen atoms in total. The van der Waals surface area contributed by atoms with Crippen molar-refractivity contribution in [2.45, 2.75) is 0 Å². The van der Waals surface area contributed by atoms with Crippen molar-refractivity contribution in [2.75, 3.05) is 39.6 Å². The van der Waals surface area contributed by atoms with Gasteiger partial charge in [-0.05, 0) is 0 Å². The SMILES string of the molecule is OCCOCCOCCO.[H-].[Na+]. The second-order valence-electron chi connectivity index (χ2n) is 1.67. The molecule has 5 heteroatoms. The van der Waals surface area contributed by atoms with Crippen molar-refractivity contribution in [3.63, 3.8) is 0 Å². The zero-order valence-electron chi connectivity index (χ0n) is 7.95. The molecule has 0 saturated heterocycles. The second kappa shape index (κ2) is 13.4. The molecule has 0 spiro atoms. The van der Waals surface area contributed by atoms with E-state index >= 15 is 0 Å². The van der Waals surface area contributed by atoms with Gasteiger partial charge in [-0.25, -0.2) is 0 Å². The van der Waals surface area contributed by atoms with Gasteiger partial charge in [0.25, 0.3) is 0 Å². The smallest absolute Gasteiger partial charge is 1.00 e. The van der Waals surface area contributed by atoms with Gasteiger partial charge in [0.1, 0.15) is 0 Å². The summed E-state index contributed by atoms with van der Waals surface area (Å²) in [5.74, 6) is 0. The summed E-state index contributed by atoms with van der Waals surface area (Å²) < 4.78 is 9.75. The molecule has 0 atom stereocenters. The van der Waals surface area contributed by atoms with E-state index in [0.717, 1.165) is 0 Å². The molecule has 0 heterocycles. The second-order valence-corrected chi connectivity index (χ2v) is 1.67. The fourth-order valence-corrected chi connectivity index (χ4v) is 0.451. The van der Waals surface area contributed by atoms with E-state index < -0.39 is 0 Å². The molecular formula is C6H15NaO4. The molecule has 0 aliphatic rings. The number of ether oxygens (including phenoxy) is 2. The van der Waals surface area contributed by atoms with Gasteiger partial charge < -0.3 is 21.1 Å². The van der Waals surface area contributed by atoms with Gasteiger partial charge in [0.05, 0.1) is 39.6 Å². The number of aliphatic hydroxyl groups excluding tert-OH is 2. The maximum absolute atomic E-state index is 8.26. The van der Waals surface area contributed by atoms with E-state index in [9.17, 15) is 0 Å². The van der Waals surface area contributed by atoms with Crippen LogP contribution in [0.25, 0.3) is 0 Å². The minimum Gasteiger partial charge on any atom is -1.00 e. The molecule has 0 radical (unpaired) electrons. The molecule has 0 saturated carbocycles. The van der Waals surface area contributed by atoms with E-state index in [-0.39, 0.29) is 44.2 Å². The van der Waals surface area contributed by atoms with Crippen LogP contribution in [0.2, 0.25) is 0 Å². The topological polar surface area (TPSA) is 58.9 Å². The third-order valence-corrected chi connectivity index (χ3v) is 0.843. The third kappa shape index (κ3) is 13.8. The summed E-state index contributed by atoms with van der Waals surface area (Å²) in [6.45, 7) is 1.73. The zero-order chi connectivity index (χ0) is 7.66. The molecule has 0 aromatic carbocycles. The number of aliphatic hydroxyl groups is 2. The minimum atomic E-state index is 0. The Labute approximate surface area is 90.3 Å². The van der Waals surface area contributed by atoms with Crippen molar-refractivity contribution in [3.8, 4) is 0 Å². The Morgan fingerprint density at radius 1 is 0.818 bits per heavy atom. The average Bonchev–Trinajstić information content (AvgIpc) is 1.97. The van der Waals surface area contributed by atoms with Crippen molar-refractivity contribution in [1.82, 2.24) is 0 Å². The zero-order valence-corrected chi connectivity index (χ0v) is 8.95. The van der Waals surface area contributed by atoms with E-state index in [4.69, 9.17) is 19.7 Å². The predicted molar refractivity (Wildman–Crippen MR) is 36.9 cm³/mol. The summed E-state index contributed by atoms with van der Waals surface area (Å²) in [5, 5.41) is 16.5. The Morgan fingerprint density at radius 3 is 1.45 bits per heavy atom. The largest absolute Gasteiger partial charge is 1.00 e. The van der Waals surface area contributed by atoms with E-state index in [1.807, 2.05) is 0 Å². The van der Waals surface area contributed by atoms with Gasteiger partial charge in [0.2, 0.25) is 0 Å². The normalized spacial score (nSPS) is 9.27. The van der Waals surface area contributed by atoms with Crippen molar-refractivity contribution in [1.29, 1.82) is 0 Å². The molecule has 0 aromatic rings. The molecule has 64 valence electrons. The molecule has 0 unspecified atom stereocenters. The first-order valence-corrected chi connectivity index (χ1v) is 3.29. The van der Waals surface area contributed by atoms with E-state index in [1.54, 1.807) is 0 Å². The Kier molecular flexibility index (Phi) is 17.5. The quantitative estimate of drug-likeness (QED) is 0.306. The predicted octanol–water partition coefficient (Wildman–Crippen LogP) is -3.88. The number of rotatable bonds is 7. The van der Waals surface area contributed by atoms with Gasteiger partial charge in [-0.3, -0.25) is 0 Å². The summed E-state index contributed by atoms with van der Waals surface area (Å²) >= 11 is 0. The molecule has 0 bridgehead atoms. The monoisotopic (exact) mass is 174 g/mol.